The predicted molar refractivity (Wildman–Crippen MR) is 80.1 cm³/mol. The summed E-state index contributed by atoms with van der Waals surface area (Å²) in [5.74, 6) is 1.03. The smallest absolute Gasteiger partial charge is 0.258 e. The van der Waals surface area contributed by atoms with Gasteiger partial charge in [0.25, 0.3) is 5.91 Å². The Bertz CT molecular complexity index is 440. The van der Waals surface area contributed by atoms with Gasteiger partial charge in [-0.25, -0.2) is 0 Å². The minimum Gasteiger partial charge on any atom is -0.484 e. The van der Waals surface area contributed by atoms with Gasteiger partial charge in [0.05, 0.1) is 0 Å². The number of hydrogen-bond donors (Lipinski definition) is 2. The van der Waals surface area contributed by atoms with Crippen LogP contribution in [0.4, 0.5) is 0 Å². The first-order chi connectivity index (χ1) is 9.56. The molecule has 1 amide bonds. The van der Waals surface area contributed by atoms with Crippen molar-refractivity contribution in [2.24, 2.45) is 5.92 Å². The molecule has 0 bridgehead atoms. The number of benzene rings is 1. The van der Waals surface area contributed by atoms with Gasteiger partial charge in [0, 0.05) is 17.1 Å². The van der Waals surface area contributed by atoms with Crippen molar-refractivity contribution in [1.29, 1.82) is 0 Å². The Hall–Kier alpha value is -1.26. The van der Waals surface area contributed by atoms with Crippen molar-refractivity contribution in [3.05, 3.63) is 29.3 Å². The van der Waals surface area contributed by atoms with Crippen LogP contribution < -0.4 is 15.4 Å². The molecule has 0 aliphatic carbocycles. The summed E-state index contributed by atoms with van der Waals surface area (Å²) < 4.78 is 5.44. The van der Waals surface area contributed by atoms with E-state index < -0.39 is 0 Å². The molecule has 0 saturated carbocycles. The second-order valence-corrected chi connectivity index (χ2v) is 5.78. The zero-order chi connectivity index (χ0) is 14.5. The standard InChI is InChI=1S/C15H21ClN2O2/c1-10-7-8-17-11(2)15(10)18-14(19)9-20-13-5-3-12(16)4-6-13/h3-6,10-11,15,17H,7-9H2,1-2H3,(H,18,19). The molecule has 1 aromatic carbocycles. The molecule has 1 heterocycles. The Morgan fingerprint density at radius 1 is 1.40 bits per heavy atom. The van der Waals surface area contributed by atoms with Crippen LogP contribution in [0.3, 0.4) is 0 Å². The zero-order valence-electron chi connectivity index (χ0n) is 11.9. The van der Waals surface area contributed by atoms with Crippen molar-refractivity contribution >= 4 is 17.5 Å². The Kier molecular flexibility index (Phi) is 5.26. The summed E-state index contributed by atoms with van der Waals surface area (Å²) in [4.78, 5) is 12.0. The fourth-order valence-corrected chi connectivity index (χ4v) is 2.64. The molecule has 0 spiro atoms. The number of rotatable bonds is 4. The van der Waals surface area contributed by atoms with E-state index in [1.54, 1.807) is 24.3 Å². The number of amides is 1. The molecular weight excluding hydrogens is 276 g/mol. The molecule has 1 aromatic rings. The van der Waals surface area contributed by atoms with Gasteiger partial charge in [0.15, 0.2) is 6.61 Å². The molecule has 2 N–H and O–H groups in total. The zero-order valence-corrected chi connectivity index (χ0v) is 12.6. The second kappa shape index (κ2) is 6.95. The van der Waals surface area contributed by atoms with Gasteiger partial charge in [0.1, 0.15) is 5.75 Å². The first-order valence-electron chi connectivity index (χ1n) is 6.97. The summed E-state index contributed by atoms with van der Waals surface area (Å²) in [5.41, 5.74) is 0. The molecule has 4 nitrogen and oxygen atoms in total. The van der Waals surface area contributed by atoms with Gasteiger partial charge in [-0.15, -0.1) is 0 Å². The number of nitrogens with one attached hydrogen (secondary N) is 2. The van der Waals surface area contributed by atoms with Crippen LogP contribution in [-0.2, 0) is 4.79 Å². The molecule has 3 atom stereocenters. The quantitative estimate of drug-likeness (QED) is 0.896. The summed E-state index contributed by atoms with van der Waals surface area (Å²) in [6.07, 6.45) is 1.08. The highest BCUT2D eigenvalue weighted by Gasteiger charge is 2.28. The molecule has 2 rings (SSSR count). The van der Waals surface area contributed by atoms with Crippen LogP contribution in [0.15, 0.2) is 24.3 Å². The molecule has 1 fully saturated rings. The molecule has 1 aliphatic heterocycles. The molecule has 1 aliphatic rings. The Balaban J connectivity index is 1.81. The highest BCUT2D eigenvalue weighted by Crippen LogP contribution is 2.17. The lowest BCUT2D eigenvalue weighted by molar-refractivity contribution is -0.124. The molecule has 0 aromatic heterocycles. The molecular formula is C15H21ClN2O2. The van der Waals surface area contributed by atoms with Crippen LogP contribution in [0.25, 0.3) is 0 Å². The lowest BCUT2D eigenvalue weighted by atomic mass is 9.89. The van der Waals surface area contributed by atoms with E-state index in [1.165, 1.54) is 0 Å². The molecule has 5 heteroatoms. The Morgan fingerprint density at radius 3 is 2.75 bits per heavy atom. The number of ether oxygens (including phenoxy) is 1. The van der Waals surface area contributed by atoms with Crippen LogP contribution in [0, 0.1) is 5.92 Å². The van der Waals surface area contributed by atoms with Gasteiger partial charge in [0.2, 0.25) is 0 Å². The largest absolute Gasteiger partial charge is 0.484 e. The molecule has 1 saturated heterocycles. The molecule has 0 radical (unpaired) electrons. The Labute approximate surface area is 124 Å². The summed E-state index contributed by atoms with van der Waals surface area (Å²) in [5, 5.41) is 7.08. The van der Waals surface area contributed by atoms with Crippen LogP contribution in [0.2, 0.25) is 5.02 Å². The van der Waals surface area contributed by atoms with Gasteiger partial charge in [-0.3, -0.25) is 4.79 Å². The van der Waals surface area contributed by atoms with Crippen LogP contribution in [0.5, 0.6) is 5.75 Å². The fraction of sp³-hybridized carbons (Fsp3) is 0.533. The van der Waals surface area contributed by atoms with E-state index in [1.807, 2.05) is 0 Å². The average molecular weight is 297 g/mol. The van der Waals surface area contributed by atoms with Gasteiger partial charge in [-0.05, 0) is 50.1 Å². The van der Waals surface area contributed by atoms with E-state index >= 15 is 0 Å². The van der Waals surface area contributed by atoms with E-state index in [2.05, 4.69) is 24.5 Å². The third-order valence-electron chi connectivity index (χ3n) is 3.73. The number of carbonyl (C=O) groups is 1. The van der Waals surface area contributed by atoms with Crippen LogP contribution in [0.1, 0.15) is 20.3 Å². The van der Waals surface area contributed by atoms with Crippen molar-refractivity contribution in [2.45, 2.75) is 32.4 Å². The maximum Gasteiger partial charge on any atom is 0.258 e. The number of carbonyl (C=O) groups excluding carboxylic acids is 1. The highest BCUT2D eigenvalue weighted by molar-refractivity contribution is 6.30. The van der Waals surface area contributed by atoms with Gasteiger partial charge >= 0.3 is 0 Å². The van der Waals surface area contributed by atoms with Crippen molar-refractivity contribution in [3.63, 3.8) is 0 Å². The van der Waals surface area contributed by atoms with E-state index in [0.717, 1.165) is 13.0 Å². The van der Waals surface area contributed by atoms with E-state index in [0.29, 0.717) is 22.7 Å². The summed E-state index contributed by atoms with van der Waals surface area (Å²) in [6, 6.07) is 7.43. The number of hydrogen-bond acceptors (Lipinski definition) is 3. The summed E-state index contributed by atoms with van der Waals surface area (Å²) >= 11 is 5.79. The monoisotopic (exact) mass is 296 g/mol. The van der Waals surface area contributed by atoms with Crippen molar-refractivity contribution < 1.29 is 9.53 Å². The fourth-order valence-electron chi connectivity index (χ4n) is 2.51. The summed E-state index contributed by atoms with van der Waals surface area (Å²) in [7, 11) is 0. The topological polar surface area (TPSA) is 50.4 Å². The van der Waals surface area contributed by atoms with E-state index in [9.17, 15) is 4.79 Å². The van der Waals surface area contributed by atoms with E-state index in [4.69, 9.17) is 16.3 Å². The minimum absolute atomic E-state index is 0.0254. The summed E-state index contributed by atoms with van der Waals surface area (Å²) in [6.45, 7) is 5.30. The van der Waals surface area contributed by atoms with Crippen molar-refractivity contribution in [1.82, 2.24) is 10.6 Å². The van der Waals surface area contributed by atoms with Crippen LogP contribution in [-0.4, -0.2) is 31.1 Å². The Morgan fingerprint density at radius 2 is 2.10 bits per heavy atom. The average Bonchev–Trinajstić information content (AvgIpc) is 2.42. The van der Waals surface area contributed by atoms with Crippen molar-refractivity contribution in [3.8, 4) is 5.75 Å². The SMILES string of the molecule is CC1CCNC(C)C1NC(=O)COc1ccc(Cl)cc1. The van der Waals surface area contributed by atoms with Gasteiger partial charge in [-0.1, -0.05) is 18.5 Å². The lowest BCUT2D eigenvalue weighted by Crippen LogP contribution is -2.56. The molecule has 3 unspecified atom stereocenters. The second-order valence-electron chi connectivity index (χ2n) is 5.34. The first kappa shape index (κ1) is 15.1. The van der Waals surface area contributed by atoms with Crippen LogP contribution >= 0.6 is 11.6 Å². The van der Waals surface area contributed by atoms with Gasteiger partial charge in [-0.2, -0.15) is 0 Å². The number of halogens is 1. The first-order valence-corrected chi connectivity index (χ1v) is 7.35. The normalized spacial score (nSPS) is 26.1. The maximum atomic E-state index is 12.0. The van der Waals surface area contributed by atoms with Gasteiger partial charge < -0.3 is 15.4 Å². The number of piperidine rings is 1. The highest BCUT2D eigenvalue weighted by atomic mass is 35.5. The lowest BCUT2D eigenvalue weighted by Gasteiger charge is -2.35. The van der Waals surface area contributed by atoms with E-state index in [-0.39, 0.29) is 18.6 Å². The minimum atomic E-state index is -0.0904. The predicted octanol–water partition coefficient (Wildman–Crippen LogP) is 2.22. The molecule has 20 heavy (non-hydrogen) atoms. The van der Waals surface area contributed by atoms with Crippen molar-refractivity contribution in [2.75, 3.05) is 13.2 Å². The molecule has 110 valence electrons. The third-order valence-corrected chi connectivity index (χ3v) is 3.98. The maximum absolute atomic E-state index is 12.0. The third kappa shape index (κ3) is 4.12.